The third-order valence-corrected chi connectivity index (χ3v) is 6.76. The third kappa shape index (κ3) is 6.04. The van der Waals surface area contributed by atoms with Gasteiger partial charge in [-0.15, -0.1) is 11.8 Å². The summed E-state index contributed by atoms with van der Waals surface area (Å²) >= 11 is 0. The standard InChI is InChI=1S/C30H30O6/c1-3-4-11-20(2)25(35-29(32)21-12-7-5-8-13-21)17-16-23-24-18-28(31)34-27(24)19-26(23)36-30(33)22-14-9-6-10-15-22/h5-10,12-17,20,23-27H,11,18-19H2,1-2H3/b17-16+/t20-,23+,24+,25+,26+,27-/m0/s1. The van der Waals surface area contributed by atoms with Crippen LogP contribution in [0.2, 0.25) is 0 Å². The Morgan fingerprint density at radius 3 is 2.33 bits per heavy atom. The minimum Gasteiger partial charge on any atom is -0.462 e. The Morgan fingerprint density at radius 1 is 1.06 bits per heavy atom. The van der Waals surface area contributed by atoms with Crippen LogP contribution in [0.3, 0.4) is 0 Å². The summed E-state index contributed by atoms with van der Waals surface area (Å²) in [5, 5.41) is 0. The van der Waals surface area contributed by atoms with Crippen molar-refractivity contribution in [2.75, 3.05) is 0 Å². The second-order valence-corrected chi connectivity index (χ2v) is 9.25. The molecule has 2 aromatic carbocycles. The normalized spacial score (nSPS) is 24.2. The van der Waals surface area contributed by atoms with Crippen LogP contribution < -0.4 is 0 Å². The van der Waals surface area contributed by atoms with Crippen molar-refractivity contribution in [1.82, 2.24) is 0 Å². The average Bonchev–Trinajstić information content (AvgIpc) is 3.41. The quantitative estimate of drug-likeness (QED) is 0.226. The van der Waals surface area contributed by atoms with E-state index < -0.39 is 24.1 Å². The fourth-order valence-corrected chi connectivity index (χ4v) is 4.80. The van der Waals surface area contributed by atoms with Crippen molar-refractivity contribution in [1.29, 1.82) is 0 Å². The number of hydrogen-bond acceptors (Lipinski definition) is 6. The Balaban J connectivity index is 1.54. The molecule has 6 heteroatoms. The van der Waals surface area contributed by atoms with E-state index in [9.17, 15) is 14.4 Å². The summed E-state index contributed by atoms with van der Waals surface area (Å²) in [6.45, 7) is 3.75. The van der Waals surface area contributed by atoms with Gasteiger partial charge in [0.1, 0.15) is 18.3 Å². The minimum absolute atomic E-state index is 0.0645. The molecule has 1 saturated carbocycles. The number of carbonyl (C=O) groups excluding carboxylic acids is 3. The molecule has 0 spiro atoms. The number of ether oxygens (including phenoxy) is 3. The first-order valence-electron chi connectivity index (χ1n) is 12.3. The molecule has 1 aliphatic carbocycles. The molecule has 2 aliphatic rings. The molecule has 6 atom stereocenters. The number of rotatable bonds is 8. The van der Waals surface area contributed by atoms with E-state index in [4.69, 9.17) is 14.2 Å². The molecule has 36 heavy (non-hydrogen) atoms. The highest BCUT2D eigenvalue weighted by Gasteiger charge is 2.50. The molecule has 0 radical (unpaired) electrons. The van der Waals surface area contributed by atoms with Gasteiger partial charge in [0.15, 0.2) is 0 Å². The van der Waals surface area contributed by atoms with Crippen LogP contribution in [0.25, 0.3) is 0 Å². The molecule has 1 saturated heterocycles. The predicted molar refractivity (Wildman–Crippen MR) is 134 cm³/mol. The summed E-state index contributed by atoms with van der Waals surface area (Å²) in [7, 11) is 0. The van der Waals surface area contributed by atoms with E-state index in [0.29, 0.717) is 24.0 Å². The van der Waals surface area contributed by atoms with Crippen molar-refractivity contribution >= 4 is 17.9 Å². The lowest BCUT2D eigenvalue weighted by molar-refractivity contribution is -0.141. The van der Waals surface area contributed by atoms with E-state index in [2.05, 4.69) is 11.8 Å². The Labute approximate surface area is 211 Å². The Kier molecular flexibility index (Phi) is 8.22. The number of esters is 3. The van der Waals surface area contributed by atoms with Crippen molar-refractivity contribution in [2.24, 2.45) is 17.8 Å². The van der Waals surface area contributed by atoms with Gasteiger partial charge in [0.2, 0.25) is 0 Å². The monoisotopic (exact) mass is 486 g/mol. The lowest BCUT2D eigenvalue weighted by Crippen LogP contribution is -2.27. The summed E-state index contributed by atoms with van der Waals surface area (Å²) in [6.07, 6.45) is 3.75. The van der Waals surface area contributed by atoms with Crippen LogP contribution in [-0.4, -0.2) is 36.2 Å². The Hall–Kier alpha value is -3.85. The maximum Gasteiger partial charge on any atom is 0.338 e. The number of benzene rings is 2. The lowest BCUT2D eigenvalue weighted by Gasteiger charge is -2.23. The molecular weight excluding hydrogens is 456 g/mol. The lowest BCUT2D eigenvalue weighted by atomic mass is 9.90. The van der Waals surface area contributed by atoms with E-state index in [0.717, 1.165) is 0 Å². The van der Waals surface area contributed by atoms with Crippen molar-refractivity contribution in [3.63, 3.8) is 0 Å². The van der Waals surface area contributed by atoms with Crippen LogP contribution in [0.4, 0.5) is 0 Å². The predicted octanol–water partition coefficient (Wildman–Crippen LogP) is 4.99. The second-order valence-electron chi connectivity index (χ2n) is 9.25. The van der Waals surface area contributed by atoms with Gasteiger partial charge in [-0.05, 0) is 37.3 Å². The topological polar surface area (TPSA) is 78.9 Å². The Morgan fingerprint density at radius 2 is 1.69 bits per heavy atom. The molecule has 0 bridgehead atoms. The zero-order chi connectivity index (χ0) is 25.5. The fraction of sp³-hybridized carbons (Fsp3) is 0.367. The number of fused-ring (bicyclic) bond motifs is 1. The third-order valence-electron chi connectivity index (χ3n) is 6.76. The summed E-state index contributed by atoms with van der Waals surface area (Å²) in [5.41, 5.74) is 0.936. The highest BCUT2D eigenvalue weighted by atomic mass is 16.6. The fourth-order valence-electron chi connectivity index (χ4n) is 4.80. The van der Waals surface area contributed by atoms with E-state index in [1.807, 2.05) is 31.2 Å². The first-order valence-corrected chi connectivity index (χ1v) is 12.3. The number of hydrogen-bond donors (Lipinski definition) is 0. The summed E-state index contributed by atoms with van der Waals surface area (Å²) in [6, 6.07) is 17.6. The van der Waals surface area contributed by atoms with Gasteiger partial charge in [-0.1, -0.05) is 49.4 Å². The summed E-state index contributed by atoms with van der Waals surface area (Å²) in [4.78, 5) is 37.5. The molecule has 1 heterocycles. The van der Waals surface area contributed by atoms with Crippen LogP contribution in [0.15, 0.2) is 72.8 Å². The molecule has 186 valence electrons. The molecule has 0 aromatic heterocycles. The van der Waals surface area contributed by atoms with Crippen LogP contribution in [0, 0.1) is 29.6 Å². The molecule has 2 fully saturated rings. The van der Waals surface area contributed by atoms with Crippen LogP contribution >= 0.6 is 0 Å². The maximum atomic E-state index is 12.8. The van der Waals surface area contributed by atoms with Crippen molar-refractivity contribution in [3.05, 3.63) is 83.9 Å². The van der Waals surface area contributed by atoms with Crippen LogP contribution in [-0.2, 0) is 19.0 Å². The van der Waals surface area contributed by atoms with Crippen molar-refractivity contribution < 1.29 is 28.6 Å². The maximum absolute atomic E-state index is 12.8. The zero-order valence-corrected chi connectivity index (χ0v) is 20.5. The molecule has 2 aromatic rings. The van der Waals surface area contributed by atoms with E-state index in [-0.39, 0.29) is 36.2 Å². The van der Waals surface area contributed by atoms with Crippen molar-refractivity contribution in [3.8, 4) is 11.8 Å². The van der Waals surface area contributed by atoms with E-state index in [1.54, 1.807) is 55.5 Å². The van der Waals surface area contributed by atoms with Gasteiger partial charge >= 0.3 is 17.9 Å². The first-order chi connectivity index (χ1) is 17.5. The molecule has 4 rings (SSSR count). The average molecular weight is 487 g/mol. The molecular formula is C30H30O6. The smallest absolute Gasteiger partial charge is 0.338 e. The SMILES string of the molecule is CC#CC[C@H](C)[C@@H](/C=C/[C@@H]1[C@H]2CC(=O)O[C@H]2C[C@H]1OC(=O)c1ccccc1)OC(=O)c1ccccc1. The molecule has 6 nitrogen and oxygen atoms in total. The highest BCUT2D eigenvalue weighted by molar-refractivity contribution is 5.90. The van der Waals surface area contributed by atoms with Gasteiger partial charge in [-0.25, -0.2) is 9.59 Å². The van der Waals surface area contributed by atoms with Gasteiger partial charge in [0.25, 0.3) is 0 Å². The van der Waals surface area contributed by atoms with E-state index >= 15 is 0 Å². The zero-order valence-electron chi connectivity index (χ0n) is 20.5. The van der Waals surface area contributed by atoms with Gasteiger partial charge in [0, 0.05) is 30.6 Å². The minimum atomic E-state index is -0.541. The Bertz CT molecular complexity index is 1160. The molecule has 1 aliphatic heterocycles. The van der Waals surface area contributed by atoms with Crippen molar-refractivity contribution in [2.45, 2.75) is 51.4 Å². The summed E-state index contributed by atoms with van der Waals surface area (Å²) < 4.78 is 17.2. The van der Waals surface area contributed by atoms with Gasteiger partial charge in [-0.3, -0.25) is 4.79 Å². The molecule has 0 N–H and O–H groups in total. The molecule has 0 amide bonds. The van der Waals surface area contributed by atoms with E-state index in [1.165, 1.54) is 0 Å². The van der Waals surface area contributed by atoms with Gasteiger partial charge in [-0.2, -0.15) is 0 Å². The summed E-state index contributed by atoms with van der Waals surface area (Å²) in [5.74, 6) is 4.47. The largest absolute Gasteiger partial charge is 0.462 e. The van der Waals surface area contributed by atoms with Gasteiger partial charge in [0.05, 0.1) is 17.5 Å². The molecule has 0 unspecified atom stereocenters. The van der Waals surface area contributed by atoms with Crippen LogP contribution in [0.5, 0.6) is 0 Å². The van der Waals surface area contributed by atoms with Gasteiger partial charge < -0.3 is 14.2 Å². The number of carbonyl (C=O) groups is 3. The highest BCUT2D eigenvalue weighted by Crippen LogP contribution is 2.44. The van der Waals surface area contributed by atoms with Crippen LogP contribution in [0.1, 0.15) is 53.8 Å². The second kappa shape index (κ2) is 11.7. The first kappa shape index (κ1) is 25.2.